The third-order valence-electron chi connectivity index (χ3n) is 4.74. The molecule has 3 heteroatoms. The first-order chi connectivity index (χ1) is 10.1. The third kappa shape index (κ3) is 2.97. The van der Waals surface area contributed by atoms with Gasteiger partial charge < -0.3 is 9.32 Å². The van der Waals surface area contributed by atoms with Crippen LogP contribution in [0.5, 0.6) is 0 Å². The van der Waals surface area contributed by atoms with E-state index in [0.717, 1.165) is 54.3 Å². The van der Waals surface area contributed by atoms with Crippen molar-refractivity contribution in [2.24, 2.45) is 11.8 Å². The van der Waals surface area contributed by atoms with Crippen molar-refractivity contribution in [3.05, 3.63) is 36.1 Å². The second-order valence-corrected chi connectivity index (χ2v) is 6.40. The highest BCUT2D eigenvalue weighted by Gasteiger charge is 2.25. The molecule has 1 amide bonds. The second kappa shape index (κ2) is 5.92. The van der Waals surface area contributed by atoms with Gasteiger partial charge in [0.2, 0.25) is 5.91 Å². The van der Waals surface area contributed by atoms with Gasteiger partial charge in [-0.25, -0.2) is 0 Å². The van der Waals surface area contributed by atoms with Gasteiger partial charge in [-0.05, 0) is 30.7 Å². The maximum absolute atomic E-state index is 12.5. The third-order valence-corrected chi connectivity index (χ3v) is 4.74. The summed E-state index contributed by atoms with van der Waals surface area (Å²) in [5, 5.41) is 1.06. The fourth-order valence-corrected chi connectivity index (χ4v) is 3.26. The van der Waals surface area contributed by atoms with E-state index in [4.69, 9.17) is 4.42 Å². The molecule has 3 nitrogen and oxygen atoms in total. The van der Waals surface area contributed by atoms with Crippen LogP contribution in [0, 0.1) is 11.8 Å². The molecule has 0 saturated carbocycles. The molecule has 1 fully saturated rings. The molecule has 1 aromatic heterocycles. The molecule has 0 spiro atoms. The van der Waals surface area contributed by atoms with Crippen LogP contribution in [0.4, 0.5) is 0 Å². The highest BCUT2D eigenvalue weighted by atomic mass is 16.3. The van der Waals surface area contributed by atoms with Crippen LogP contribution in [0.1, 0.15) is 32.3 Å². The number of likely N-dealkylation sites (tertiary alicyclic amines) is 1. The molecule has 0 atom stereocenters. The summed E-state index contributed by atoms with van der Waals surface area (Å²) in [6.45, 7) is 6.36. The molecule has 3 rings (SSSR count). The minimum Gasteiger partial charge on any atom is -0.464 e. The van der Waals surface area contributed by atoms with Crippen LogP contribution in [-0.4, -0.2) is 23.9 Å². The Labute approximate surface area is 125 Å². The lowest BCUT2D eigenvalue weighted by Gasteiger charge is -2.33. The molecule has 0 aliphatic carbocycles. The topological polar surface area (TPSA) is 33.5 Å². The molecule has 21 heavy (non-hydrogen) atoms. The molecule has 0 unspecified atom stereocenters. The number of furan rings is 1. The van der Waals surface area contributed by atoms with Crippen LogP contribution in [0.2, 0.25) is 0 Å². The summed E-state index contributed by atoms with van der Waals surface area (Å²) in [6.07, 6.45) is 4.44. The van der Waals surface area contributed by atoms with Crippen molar-refractivity contribution in [1.82, 2.24) is 4.90 Å². The number of piperidine rings is 1. The maximum atomic E-state index is 12.5. The number of amides is 1. The van der Waals surface area contributed by atoms with Gasteiger partial charge in [0.05, 0.1) is 12.7 Å². The van der Waals surface area contributed by atoms with Crippen LogP contribution in [0.3, 0.4) is 0 Å². The summed E-state index contributed by atoms with van der Waals surface area (Å²) < 4.78 is 5.52. The molecule has 0 N–H and O–H groups in total. The quantitative estimate of drug-likeness (QED) is 0.857. The minimum absolute atomic E-state index is 0.226. The van der Waals surface area contributed by atoms with Gasteiger partial charge in [-0.2, -0.15) is 0 Å². The summed E-state index contributed by atoms with van der Waals surface area (Å²) in [4.78, 5) is 14.5. The number of carbonyl (C=O) groups is 1. The largest absolute Gasteiger partial charge is 0.464 e. The van der Waals surface area contributed by atoms with E-state index in [1.807, 2.05) is 29.2 Å². The van der Waals surface area contributed by atoms with Gasteiger partial charge in [0, 0.05) is 24.0 Å². The Morgan fingerprint density at radius 1 is 1.29 bits per heavy atom. The maximum Gasteiger partial charge on any atom is 0.227 e. The van der Waals surface area contributed by atoms with Crippen LogP contribution in [0.15, 0.2) is 34.9 Å². The summed E-state index contributed by atoms with van der Waals surface area (Å²) in [5.74, 6) is 1.72. The number of hydrogen-bond donors (Lipinski definition) is 0. The highest BCUT2D eigenvalue weighted by Crippen LogP contribution is 2.26. The van der Waals surface area contributed by atoms with Gasteiger partial charge in [0.25, 0.3) is 0 Å². The Morgan fingerprint density at radius 2 is 2.00 bits per heavy atom. The first kappa shape index (κ1) is 14.2. The molecule has 1 saturated heterocycles. The number of benzene rings is 1. The summed E-state index contributed by atoms with van der Waals surface area (Å²) in [6, 6.07) is 7.90. The number of rotatable bonds is 3. The van der Waals surface area contributed by atoms with E-state index < -0.39 is 0 Å². The highest BCUT2D eigenvalue weighted by molar-refractivity contribution is 5.87. The van der Waals surface area contributed by atoms with E-state index in [9.17, 15) is 4.79 Å². The normalized spacial score (nSPS) is 16.8. The Balaban J connectivity index is 1.65. The average molecular weight is 285 g/mol. The Bertz CT molecular complexity index is 621. The van der Waals surface area contributed by atoms with Crippen molar-refractivity contribution < 1.29 is 9.21 Å². The fourth-order valence-electron chi connectivity index (χ4n) is 3.26. The lowest BCUT2D eigenvalue weighted by molar-refractivity contribution is -0.132. The summed E-state index contributed by atoms with van der Waals surface area (Å²) in [5.41, 5.74) is 1.86. The Hall–Kier alpha value is -1.77. The summed E-state index contributed by atoms with van der Waals surface area (Å²) in [7, 11) is 0. The van der Waals surface area contributed by atoms with Crippen LogP contribution >= 0.6 is 0 Å². The van der Waals surface area contributed by atoms with E-state index in [1.54, 1.807) is 6.26 Å². The van der Waals surface area contributed by atoms with Crippen molar-refractivity contribution in [3.63, 3.8) is 0 Å². The Morgan fingerprint density at radius 3 is 2.71 bits per heavy atom. The van der Waals surface area contributed by atoms with Crippen molar-refractivity contribution in [3.8, 4) is 0 Å². The van der Waals surface area contributed by atoms with E-state index >= 15 is 0 Å². The molecule has 1 aromatic carbocycles. The molecule has 1 aliphatic rings. The second-order valence-electron chi connectivity index (χ2n) is 6.40. The SMILES string of the molecule is CC(C)C1CCN(C(=O)Cc2coc3ccccc23)CC1. The molecule has 1 aliphatic heterocycles. The predicted molar refractivity (Wildman–Crippen MR) is 84.1 cm³/mol. The van der Waals surface area contributed by atoms with Gasteiger partial charge in [0.15, 0.2) is 0 Å². The monoisotopic (exact) mass is 285 g/mol. The van der Waals surface area contributed by atoms with E-state index in [0.29, 0.717) is 6.42 Å². The van der Waals surface area contributed by atoms with E-state index in [1.165, 1.54) is 0 Å². The standard InChI is InChI=1S/C18H23NO2/c1-13(2)14-7-9-19(10-8-14)18(20)11-15-12-21-17-6-4-3-5-16(15)17/h3-6,12-14H,7-11H2,1-2H3. The lowest BCUT2D eigenvalue weighted by atomic mass is 9.86. The van der Waals surface area contributed by atoms with Gasteiger partial charge in [-0.3, -0.25) is 4.79 Å². The number of fused-ring (bicyclic) bond motifs is 1. The fraction of sp³-hybridized carbons (Fsp3) is 0.500. The zero-order valence-electron chi connectivity index (χ0n) is 12.8. The van der Waals surface area contributed by atoms with Crippen molar-refractivity contribution >= 4 is 16.9 Å². The average Bonchev–Trinajstić information content (AvgIpc) is 2.91. The first-order valence-electron chi connectivity index (χ1n) is 7.88. The predicted octanol–water partition coefficient (Wildman–Crippen LogP) is 3.87. The number of hydrogen-bond acceptors (Lipinski definition) is 2. The van der Waals surface area contributed by atoms with E-state index in [2.05, 4.69) is 13.8 Å². The van der Waals surface area contributed by atoms with Crippen molar-refractivity contribution in [2.45, 2.75) is 33.1 Å². The summed E-state index contributed by atoms with van der Waals surface area (Å²) >= 11 is 0. The van der Waals surface area contributed by atoms with Gasteiger partial charge in [0.1, 0.15) is 5.58 Å². The molecule has 2 aromatic rings. The van der Waals surface area contributed by atoms with Crippen molar-refractivity contribution in [1.29, 1.82) is 0 Å². The van der Waals surface area contributed by atoms with Crippen molar-refractivity contribution in [2.75, 3.05) is 13.1 Å². The number of para-hydroxylation sites is 1. The smallest absolute Gasteiger partial charge is 0.227 e. The van der Waals surface area contributed by atoms with Crippen LogP contribution < -0.4 is 0 Å². The molecule has 2 heterocycles. The zero-order valence-corrected chi connectivity index (χ0v) is 12.8. The molecule has 0 bridgehead atoms. The molecular formula is C18H23NO2. The van der Waals surface area contributed by atoms with Gasteiger partial charge >= 0.3 is 0 Å². The zero-order chi connectivity index (χ0) is 14.8. The molecular weight excluding hydrogens is 262 g/mol. The van der Waals surface area contributed by atoms with E-state index in [-0.39, 0.29) is 5.91 Å². The van der Waals surface area contributed by atoms with Crippen LogP contribution in [0.25, 0.3) is 11.0 Å². The molecule has 112 valence electrons. The van der Waals surface area contributed by atoms with Gasteiger partial charge in [-0.15, -0.1) is 0 Å². The van der Waals surface area contributed by atoms with Gasteiger partial charge in [-0.1, -0.05) is 32.0 Å². The minimum atomic E-state index is 0.226. The first-order valence-corrected chi connectivity index (χ1v) is 7.88. The number of nitrogens with zero attached hydrogens (tertiary/aromatic N) is 1. The lowest BCUT2D eigenvalue weighted by Crippen LogP contribution is -2.40. The number of carbonyl (C=O) groups excluding carboxylic acids is 1. The molecule has 0 radical (unpaired) electrons. The Kier molecular flexibility index (Phi) is 4.00. The van der Waals surface area contributed by atoms with Crippen LogP contribution in [-0.2, 0) is 11.2 Å².